The number of hydrogen-bond acceptors (Lipinski definition) is 10. The van der Waals surface area contributed by atoms with Crippen LogP contribution >= 0.6 is 11.6 Å². The first-order valence-corrected chi connectivity index (χ1v) is 16.5. The molecule has 3 aliphatic heterocycles. The van der Waals surface area contributed by atoms with Crippen molar-refractivity contribution in [2.24, 2.45) is 5.73 Å². The summed E-state index contributed by atoms with van der Waals surface area (Å²) in [6, 6.07) is 15.5. The van der Waals surface area contributed by atoms with Gasteiger partial charge in [-0.15, -0.1) is 0 Å². The van der Waals surface area contributed by atoms with Gasteiger partial charge in [0.05, 0.1) is 60.1 Å². The number of imidazole rings is 1. The summed E-state index contributed by atoms with van der Waals surface area (Å²) in [5.74, 6) is 1.33. The molecule has 0 unspecified atom stereocenters. The number of aliphatic hydroxyl groups excluding tert-OH is 2. The average molecular weight is 681 g/mol. The Morgan fingerprint density at radius 1 is 1.06 bits per heavy atom. The molecule has 0 radical (unpaired) electrons. The second-order valence-electron chi connectivity index (χ2n) is 12.8. The normalized spacial score (nSPS) is 19.9. The second-order valence-corrected chi connectivity index (χ2v) is 13.3. The number of benzene rings is 3. The van der Waals surface area contributed by atoms with Crippen molar-refractivity contribution < 1.29 is 38.3 Å². The predicted octanol–water partition coefficient (Wildman–Crippen LogP) is 4.31. The van der Waals surface area contributed by atoms with Crippen molar-refractivity contribution in [2.75, 3.05) is 39.5 Å². The van der Waals surface area contributed by atoms with E-state index in [1.165, 1.54) is 6.07 Å². The van der Waals surface area contributed by atoms with Crippen LogP contribution in [-0.2, 0) is 22.6 Å². The molecule has 4 N–H and O–H groups in total. The number of likely N-dealkylation sites (tertiary alicyclic amines) is 1. The molecule has 2 fully saturated rings. The van der Waals surface area contributed by atoms with Crippen molar-refractivity contribution >= 4 is 28.6 Å². The molecule has 254 valence electrons. The molecule has 4 heterocycles. The van der Waals surface area contributed by atoms with Gasteiger partial charge in [0, 0.05) is 17.2 Å². The first-order chi connectivity index (χ1) is 23.2. The number of fused-ring (bicyclic) bond motifs is 2. The highest BCUT2D eigenvalue weighted by Crippen LogP contribution is 2.47. The Morgan fingerprint density at radius 2 is 1.85 bits per heavy atom. The first-order valence-electron chi connectivity index (χ1n) is 16.2. The van der Waals surface area contributed by atoms with Gasteiger partial charge in [0.15, 0.2) is 11.5 Å². The molecule has 2 atom stereocenters. The zero-order chi connectivity index (χ0) is 33.4. The Morgan fingerprint density at radius 3 is 2.56 bits per heavy atom. The molecule has 4 aromatic rings. The first kappa shape index (κ1) is 32.8. The molecule has 0 amide bonds. The smallest absolute Gasteiger partial charge is 0.338 e. The number of nitrogens with zero attached hydrogens (tertiary/aromatic N) is 3. The number of carbonyl (C=O) groups excluding carboxylic acids is 1. The number of hydrogen-bond donors (Lipinski definition) is 3. The molecule has 0 bridgehead atoms. The lowest BCUT2D eigenvalue weighted by Crippen LogP contribution is -2.51. The van der Waals surface area contributed by atoms with E-state index in [0.717, 1.165) is 61.4 Å². The van der Waals surface area contributed by atoms with Crippen LogP contribution in [0.4, 0.5) is 4.39 Å². The van der Waals surface area contributed by atoms with E-state index in [-0.39, 0.29) is 18.6 Å². The third-order valence-electron chi connectivity index (χ3n) is 9.44. The zero-order valence-electron chi connectivity index (χ0n) is 26.3. The maximum Gasteiger partial charge on any atom is 0.338 e. The minimum absolute atomic E-state index is 0.0713. The van der Waals surface area contributed by atoms with Gasteiger partial charge in [-0.1, -0.05) is 23.7 Å². The lowest BCUT2D eigenvalue weighted by molar-refractivity contribution is -0.0592. The van der Waals surface area contributed by atoms with E-state index in [1.54, 1.807) is 30.3 Å². The summed E-state index contributed by atoms with van der Waals surface area (Å²) in [6.45, 7) is 2.27. The molecular formula is C35H38ClFN4O7. The number of carbonyl (C=O) groups is 1. The standard InChI is InChI=1S/C35H38ClFN4O7/c36-23-5-6-26(27(37)15-23)34-47-30-3-1-2-25(32(30)48-34)21-8-11-40(12-9-21)17-31-39-28-7-4-22(33(44)46-20-35(38,18-42)19-43)14-29(28)41(31)16-24-10-13-45-24/h1-7,14-15,21,24,34,42-43H,8-13,16-20,38H2/t24-,34-/m0/s1. The van der Waals surface area contributed by atoms with Gasteiger partial charge >= 0.3 is 5.97 Å². The number of nitrogens with two attached hydrogens (primary N) is 1. The number of para-hydroxylation sites is 1. The number of aliphatic hydroxyl groups is 2. The third kappa shape index (κ3) is 6.60. The Kier molecular flexibility index (Phi) is 9.29. The van der Waals surface area contributed by atoms with E-state index in [1.807, 2.05) is 12.1 Å². The summed E-state index contributed by atoms with van der Waals surface area (Å²) in [7, 11) is 0. The molecule has 1 aromatic heterocycles. The summed E-state index contributed by atoms with van der Waals surface area (Å²) < 4.78 is 40.0. The van der Waals surface area contributed by atoms with Gasteiger partial charge in [-0.05, 0) is 80.7 Å². The Bertz CT molecular complexity index is 1800. The highest BCUT2D eigenvalue weighted by molar-refractivity contribution is 6.30. The van der Waals surface area contributed by atoms with Gasteiger partial charge in [0.1, 0.15) is 18.2 Å². The molecule has 11 nitrogen and oxygen atoms in total. The Balaban J connectivity index is 1.04. The highest BCUT2D eigenvalue weighted by Gasteiger charge is 2.34. The van der Waals surface area contributed by atoms with Gasteiger partial charge in [-0.2, -0.15) is 0 Å². The molecule has 2 saturated heterocycles. The molecule has 0 spiro atoms. The van der Waals surface area contributed by atoms with Gasteiger partial charge in [-0.3, -0.25) is 4.90 Å². The third-order valence-corrected chi connectivity index (χ3v) is 9.68. The fraction of sp³-hybridized carbons (Fsp3) is 0.429. The fourth-order valence-corrected chi connectivity index (χ4v) is 6.59. The number of rotatable bonds is 11. The minimum atomic E-state index is -1.41. The van der Waals surface area contributed by atoms with Crippen LogP contribution < -0.4 is 15.2 Å². The van der Waals surface area contributed by atoms with Crippen LogP contribution in [0, 0.1) is 5.82 Å². The van der Waals surface area contributed by atoms with E-state index in [4.69, 9.17) is 41.3 Å². The van der Waals surface area contributed by atoms with Crippen molar-refractivity contribution in [3.8, 4) is 11.5 Å². The predicted molar refractivity (Wildman–Crippen MR) is 175 cm³/mol. The molecule has 3 aromatic carbocycles. The van der Waals surface area contributed by atoms with Crippen molar-refractivity contribution in [1.82, 2.24) is 14.5 Å². The Hall–Kier alpha value is -3.78. The average Bonchev–Trinajstić information content (AvgIpc) is 3.66. The zero-order valence-corrected chi connectivity index (χ0v) is 27.1. The SMILES string of the molecule is NC(CO)(CO)COC(=O)c1ccc2nc(CN3CCC(c4cccc5c4O[C@@H](c4ccc(Cl)cc4F)O5)CC3)n(C[C@@H]3CCO3)c2c1. The van der Waals surface area contributed by atoms with Crippen LogP contribution in [0.25, 0.3) is 11.0 Å². The number of aromatic nitrogens is 2. The molecule has 48 heavy (non-hydrogen) atoms. The van der Waals surface area contributed by atoms with Gasteiger partial charge in [0.2, 0.25) is 0 Å². The topological polar surface area (TPSA) is 142 Å². The van der Waals surface area contributed by atoms with Crippen LogP contribution in [-0.4, -0.2) is 81.8 Å². The quantitative estimate of drug-likeness (QED) is 0.196. The van der Waals surface area contributed by atoms with E-state index in [9.17, 15) is 19.4 Å². The molecular weight excluding hydrogens is 643 g/mol. The van der Waals surface area contributed by atoms with Crippen molar-refractivity contribution in [1.29, 1.82) is 0 Å². The lowest BCUT2D eigenvalue weighted by Gasteiger charge is -2.33. The van der Waals surface area contributed by atoms with Crippen molar-refractivity contribution in [3.63, 3.8) is 0 Å². The highest BCUT2D eigenvalue weighted by atomic mass is 35.5. The summed E-state index contributed by atoms with van der Waals surface area (Å²) in [5, 5.41) is 19.2. The molecule has 0 aliphatic carbocycles. The Labute approximate surface area is 281 Å². The van der Waals surface area contributed by atoms with Gasteiger partial charge in [0.25, 0.3) is 6.29 Å². The number of halogens is 2. The summed E-state index contributed by atoms with van der Waals surface area (Å²) >= 11 is 5.94. The van der Waals surface area contributed by atoms with Crippen LogP contribution in [0.5, 0.6) is 11.5 Å². The van der Waals surface area contributed by atoms with Crippen LogP contribution in [0.1, 0.15) is 58.8 Å². The maximum atomic E-state index is 14.6. The molecule has 3 aliphatic rings. The van der Waals surface area contributed by atoms with E-state index in [0.29, 0.717) is 40.7 Å². The molecule has 13 heteroatoms. The summed E-state index contributed by atoms with van der Waals surface area (Å²) in [6.07, 6.45) is 1.94. The maximum absolute atomic E-state index is 14.6. The number of ether oxygens (including phenoxy) is 4. The van der Waals surface area contributed by atoms with Crippen LogP contribution in [0.3, 0.4) is 0 Å². The van der Waals surface area contributed by atoms with Crippen LogP contribution in [0.2, 0.25) is 5.02 Å². The summed E-state index contributed by atoms with van der Waals surface area (Å²) in [5.41, 5.74) is 7.71. The largest absolute Gasteiger partial charge is 0.460 e. The lowest BCUT2D eigenvalue weighted by atomic mass is 9.88. The van der Waals surface area contributed by atoms with Crippen molar-refractivity contribution in [3.05, 3.63) is 88.0 Å². The molecule has 0 saturated carbocycles. The number of esters is 1. The minimum Gasteiger partial charge on any atom is -0.460 e. The van der Waals surface area contributed by atoms with Crippen molar-refractivity contribution in [2.45, 2.75) is 56.2 Å². The molecule has 7 rings (SSSR count). The summed E-state index contributed by atoms with van der Waals surface area (Å²) in [4.78, 5) is 20.2. The van der Waals surface area contributed by atoms with E-state index in [2.05, 4.69) is 15.5 Å². The van der Waals surface area contributed by atoms with Crippen LogP contribution in [0.15, 0.2) is 54.6 Å². The van der Waals surface area contributed by atoms with E-state index >= 15 is 0 Å². The number of piperidine rings is 1. The fourth-order valence-electron chi connectivity index (χ4n) is 6.43. The van der Waals surface area contributed by atoms with Gasteiger partial charge < -0.3 is 39.5 Å². The second kappa shape index (κ2) is 13.6. The van der Waals surface area contributed by atoms with E-state index < -0.39 is 36.8 Å². The van der Waals surface area contributed by atoms with Gasteiger partial charge in [-0.25, -0.2) is 14.2 Å². The monoisotopic (exact) mass is 680 g/mol.